The third-order valence-corrected chi connectivity index (χ3v) is 1.83. The number of rotatable bonds is 2. The minimum absolute atomic E-state index is 0.00259. The van der Waals surface area contributed by atoms with Crippen LogP contribution in [-0.4, -0.2) is 21.8 Å². The van der Waals surface area contributed by atoms with E-state index >= 15 is 0 Å². The largest absolute Gasteiger partial charge is 0.382 e. The van der Waals surface area contributed by atoms with E-state index in [1.54, 1.807) is 0 Å². The number of guanidine groups is 1. The van der Waals surface area contributed by atoms with E-state index in [9.17, 15) is 4.79 Å². The third kappa shape index (κ3) is 2.95. The molecule has 8 nitrogen and oxygen atoms in total. The lowest BCUT2D eigenvalue weighted by molar-refractivity contribution is -0.117. The number of nitrogens with zero attached hydrogens (tertiary/aromatic N) is 3. The van der Waals surface area contributed by atoms with Gasteiger partial charge in [-0.25, -0.2) is 9.97 Å². The number of aromatic nitrogens is 2. The summed E-state index contributed by atoms with van der Waals surface area (Å²) >= 11 is 5.62. The monoisotopic (exact) mass is 243 g/mol. The van der Waals surface area contributed by atoms with Crippen LogP contribution in [0.15, 0.2) is 4.99 Å². The van der Waals surface area contributed by atoms with Gasteiger partial charge in [0.25, 0.3) is 5.91 Å². The highest BCUT2D eigenvalue weighted by Crippen LogP contribution is 2.17. The number of nitrogen functional groups attached to an aromatic ring is 2. The quantitative estimate of drug-likeness (QED) is 0.368. The van der Waals surface area contributed by atoms with Crippen LogP contribution in [0.4, 0.5) is 11.6 Å². The summed E-state index contributed by atoms with van der Waals surface area (Å²) in [4.78, 5) is 22.0. The highest BCUT2D eigenvalue weighted by molar-refractivity contribution is 6.31. The molecule has 0 saturated heterocycles. The zero-order chi connectivity index (χ0) is 12.3. The van der Waals surface area contributed by atoms with Crippen molar-refractivity contribution >= 4 is 35.1 Å². The van der Waals surface area contributed by atoms with Gasteiger partial charge in [-0.3, -0.25) is 4.79 Å². The zero-order valence-electron chi connectivity index (χ0n) is 8.14. The fourth-order valence-corrected chi connectivity index (χ4v) is 1.07. The molecular weight excluding hydrogens is 234 g/mol. The molecule has 0 aromatic carbocycles. The fourth-order valence-electron chi connectivity index (χ4n) is 0.930. The van der Waals surface area contributed by atoms with Crippen molar-refractivity contribution in [1.82, 2.24) is 9.97 Å². The maximum atomic E-state index is 11.2. The summed E-state index contributed by atoms with van der Waals surface area (Å²) in [7, 11) is 0. The van der Waals surface area contributed by atoms with Crippen molar-refractivity contribution in [2.75, 3.05) is 11.5 Å². The molecule has 0 aliphatic rings. The van der Waals surface area contributed by atoms with E-state index in [0.717, 1.165) is 0 Å². The summed E-state index contributed by atoms with van der Waals surface area (Å²) < 4.78 is 0. The molecule has 86 valence electrons. The lowest BCUT2D eigenvalue weighted by Gasteiger charge is -2.04. The molecule has 0 bridgehead atoms. The summed E-state index contributed by atoms with van der Waals surface area (Å²) in [6.07, 6.45) is -0.198. The Balaban J connectivity index is 2.94. The lowest BCUT2D eigenvalue weighted by Crippen LogP contribution is -2.24. The number of amides is 1. The first-order chi connectivity index (χ1) is 7.40. The Kier molecular flexibility index (Phi) is 3.46. The van der Waals surface area contributed by atoms with Gasteiger partial charge in [0.15, 0.2) is 16.9 Å². The standard InChI is InChI=1S/C7H10ClN7O/c8-4-6(10)15-5(9)2(13-4)1-3(16)14-7(11)12/h1H2,(H4,9,10,15)(H4,11,12,14,16). The maximum Gasteiger partial charge on any atom is 0.255 e. The van der Waals surface area contributed by atoms with Crippen LogP contribution in [-0.2, 0) is 11.2 Å². The average Bonchev–Trinajstić information content (AvgIpc) is 2.12. The van der Waals surface area contributed by atoms with Gasteiger partial charge in [0.1, 0.15) is 5.82 Å². The number of carbonyl (C=O) groups is 1. The van der Waals surface area contributed by atoms with Gasteiger partial charge < -0.3 is 22.9 Å². The Hall–Kier alpha value is -2.09. The lowest BCUT2D eigenvalue weighted by atomic mass is 10.3. The van der Waals surface area contributed by atoms with Gasteiger partial charge in [0.05, 0.1) is 12.1 Å². The fraction of sp³-hybridized carbons (Fsp3) is 0.143. The number of hydrogen-bond donors (Lipinski definition) is 4. The summed E-state index contributed by atoms with van der Waals surface area (Å²) in [5.74, 6) is -0.918. The number of hydrogen-bond acceptors (Lipinski definition) is 5. The van der Waals surface area contributed by atoms with Crippen LogP contribution in [0, 0.1) is 0 Å². The van der Waals surface area contributed by atoms with Crippen LogP contribution >= 0.6 is 11.6 Å². The summed E-state index contributed by atoms with van der Waals surface area (Å²) in [5, 5.41) is -0.0262. The molecule has 0 saturated carbocycles. The minimum atomic E-state index is -0.596. The van der Waals surface area contributed by atoms with E-state index in [2.05, 4.69) is 15.0 Å². The van der Waals surface area contributed by atoms with E-state index in [1.165, 1.54) is 0 Å². The van der Waals surface area contributed by atoms with Crippen molar-refractivity contribution in [2.24, 2.45) is 16.5 Å². The van der Waals surface area contributed by atoms with Gasteiger partial charge in [-0.15, -0.1) is 0 Å². The van der Waals surface area contributed by atoms with Gasteiger partial charge in [-0.2, -0.15) is 4.99 Å². The molecule has 8 N–H and O–H groups in total. The Labute approximate surface area is 95.7 Å². The molecule has 0 aliphatic heterocycles. The van der Waals surface area contributed by atoms with Gasteiger partial charge in [0.2, 0.25) is 0 Å². The summed E-state index contributed by atoms with van der Waals surface area (Å²) in [6.45, 7) is 0. The van der Waals surface area contributed by atoms with Crippen LogP contribution in [0.2, 0.25) is 5.15 Å². The Morgan fingerprint density at radius 2 is 1.88 bits per heavy atom. The molecule has 1 aromatic heterocycles. The van der Waals surface area contributed by atoms with Crippen LogP contribution in [0.3, 0.4) is 0 Å². The van der Waals surface area contributed by atoms with E-state index < -0.39 is 5.91 Å². The normalized spacial score (nSPS) is 9.81. The molecule has 9 heteroatoms. The predicted octanol–water partition coefficient (Wildman–Crippen LogP) is -1.36. The molecular formula is C7H10ClN7O. The van der Waals surface area contributed by atoms with Gasteiger partial charge in [0, 0.05) is 0 Å². The first kappa shape index (κ1) is 12.0. The predicted molar refractivity (Wildman–Crippen MR) is 60.4 cm³/mol. The second-order valence-corrected chi connectivity index (χ2v) is 3.20. The average molecular weight is 244 g/mol. The van der Waals surface area contributed by atoms with Crippen LogP contribution in [0.5, 0.6) is 0 Å². The van der Waals surface area contributed by atoms with Gasteiger partial charge >= 0.3 is 0 Å². The minimum Gasteiger partial charge on any atom is -0.382 e. The molecule has 1 heterocycles. The van der Waals surface area contributed by atoms with Crippen molar-refractivity contribution in [3.05, 3.63) is 10.8 Å². The maximum absolute atomic E-state index is 11.2. The van der Waals surface area contributed by atoms with Crippen molar-refractivity contribution < 1.29 is 4.79 Å². The number of nitrogens with two attached hydrogens (primary N) is 4. The molecule has 0 fully saturated rings. The highest BCUT2D eigenvalue weighted by atomic mass is 35.5. The Morgan fingerprint density at radius 1 is 1.25 bits per heavy atom. The van der Waals surface area contributed by atoms with E-state index in [-0.39, 0.29) is 34.9 Å². The van der Waals surface area contributed by atoms with Crippen molar-refractivity contribution in [3.63, 3.8) is 0 Å². The first-order valence-corrected chi connectivity index (χ1v) is 4.47. The molecule has 1 amide bonds. The summed E-state index contributed by atoms with van der Waals surface area (Å²) in [5.41, 5.74) is 21.1. The third-order valence-electron chi connectivity index (χ3n) is 1.55. The number of halogens is 1. The Morgan fingerprint density at radius 3 is 2.44 bits per heavy atom. The molecule has 0 radical (unpaired) electrons. The number of carbonyl (C=O) groups excluding carboxylic acids is 1. The zero-order valence-corrected chi connectivity index (χ0v) is 8.90. The van der Waals surface area contributed by atoms with E-state index in [4.69, 9.17) is 34.5 Å². The van der Waals surface area contributed by atoms with Crippen LogP contribution in [0.1, 0.15) is 5.69 Å². The molecule has 0 spiro atoms. The van der Waals surface area contributed by atoms with Crippen molar-refractivity contribution in [3.8, 4) is 0 Å². The molecule has 0 unspecified atom stereocenters. The number of anilines is 2. The van der Waals surface area contributed by atoms with Crippen molar-refractivity contribution in [1.29, 1.82) is 0 Å². The molecule has 16 heavy (non-hydrogen) atoms. The van der Waals surface area contributed by atoms with Gasteiger partial charge in [-0.05, 0) is 0 Å². The smallest absolute Gasteiger partial charge is 0.255 e. The van der Waals surface area contributed by atoms with Crippen molar-refractivity contribution in [2.45, 2.75) is 6.42 Å². The molecule has 1 rings (SSSR count). The second kappa shape index (κ2) is 4.62. The summed E-state index contributed by atoms with van der Waals surface area (Å²) in [6, 6.07) is 0. The van der Waals surface area contributed by atoms with E-state index in [0.29, 0.717) is 0 Å². The first-order valence-electron chi connectivity index (χ1n) is 4.10. The SMILES string of the molecule is NC(N)=NC(=O)Cc1nc(Cl)c(N)nc1N. The molecule has 0 atom stereocenters. The van der Waals surface area contributed by atoms with Gasteiger partial charge in [-0.1, -0.05) is 11.6 Å². The number of aliphatic imine (C=N–C) groups is 1. The highest BCUT2D eigenvalue weighted by Gasteiger charge is 2.11. The van der Waals surface area contributed by atoms with Crippen LogP contribution in [0.25, 0.3) is 0 Å². The molecule has 1 aromatic rings. The Bertz CT molecular complexity index is 454. The van der Waals surface area contributed by atoms with E-state index in [1.807, 2.05) is 0 Å². The molecule has 0 aliphatic carbocycles. The van der Waals surface area contributed by atoms with Crippen LogP contribution < -0.4 is 22.9 Å². The second-order valence-electron chi connectivity index (χ2n) is 2.84. The topological polar surface area (TPSA) is 159 Å².